The van der Waals surface area contributed by atoms with E-state index < -0.39 is 0 Å². The van der Waals surface area contributed by atoms with Crippen LogP contribution >= 0.6 is 0 Å². The van der Waals surface area contributed by atoms with Gasteiger partial charge in [0.2, 0.25) is 0 Å². The molecule has 2 nitrogen and oxygen atoms in total. The molecule has 2 heteroatoms. The van der Waals surface area contributed by atoms with Gasteiger partial charge in [0.25, 0.3) is 0 Å². The van der Waals surface area contributed by atoms with E-state index in [-0.39, 0.29) is 0 Å². The van der Waals surface area contributed by atoms with Crippen LogP contribution in [0.4, 0.5) is 0 Å². The molecule has 0 aliphatic carbocycles. The quantitative estimate of drug-likeness (QED) is 0.721. The van der Waals surface area contributed by atoms with Gasteiger partial charge in [0.05, 0.1) is 0 Å². The molecule has 0 aromatic carbocycles. The molecule has 1 fully saturated rings. The van der Waals surface area contributed by atoms with Crippen molar-refractivity contribution in [2.75, 3.05) is 19.8 Å². The molecule has 1 aliphatic heterocycles. The fraction of sp³-hybridized carbons (Fsp3) is 1.00. The molecule has 0 aromatic heterocycles. The van der Waals surface area contributed by atoms with Crippen LogP contribution in [0.2, 0.25) is 0 Å². The van der Waals surface area contributed by atoms with E-state index in [1.807, 2.05) is 0 Å². The van der Waals surface area contributed by atoms with Crippen molar-refractivity contribution in [1.29, 1.82) is 0 Å². The molecule has 1 rings (SSSR count). The molecular formula is C14H29NO. The molecule has 0 amide bonds. The Balaban J connectivity index is 2.34. The normalized spacial score (nSPS) is 21.9. The highest BCUT2D eigenvalue weighted by atomic mass is 16.5. The van der Waals surface area contributed by atoms with E-state index in [2.05, 4.69) is 26.1 Å². The third-order valence-electron chi connectivity index (χ3n) is 3.92. The van der Waals surface area contributed by atoms with Crippen LogP contribution in [-0.4, -0.2) is 25.8 Å². The minimum absolute atomic E-state index is 0.716. The second-order valence-corrected chi connectivity index (χ2v) is 5.24. The molecule has 0 radical (unpaired) electrons. The number of rotatable bonds is 7. The zero-order valence-electron chi connectivity index (χ0n) is 11.3. The Hall–Kier alpha value is -0.0800. The number of hydrogen-bond donors (Lipinski definition) is 1. The van der Waals surface area contributed by atoms with Crippen molar-refractivity contribution in [3.05, 3.63) is 0 Å². The highest BCUT2D eigenvalue weighted by Crippen LogP contribution is 2.24. The third kappa shape index (κ3) is 4.84. The van der Waals surface area contributed by atoms with Gasteiger partial charge < -0.3 is 10.1 Å². The van der Waals surface area contributed by atoms with Crippen molar-refractivity contribution in [3.8, 4) is 0 Å². The second-order valence-electron chi connectivity index (χ2n) is 5.24. The van der Waals surface area contributed by atoms with Gasteiger partial charge in [-0.1, -0.05) is 27.2 Å². The van der Waals surface area contributed by atoms with Crippen LogP contribution in [0.3, 0.4) is 0 Å². The second kappa shape index (κ2) is 8.08. The first-order valence-electron chi connectivity index (χ1n) is 7.09. The van der Waals surface area contributed by atoms with Gasteiger partial charge in [0, 0.05) is 19.3 Å². The smallest absolute Gasteiger partial charge is 0.0468 e. The summed E-state index contributed by atoms with van der Waals surface area (Å²) in [5.74, 6) is 1.69. The summed E-state index contributed by atoms with van der Waals surface area (Å²) in [4.78, 5) is 0. The molecule has 16 heavy (non-hydrogen) atoms. The molecular weight excluding hydrogens is 198 g/mol. The molecule has 0 spiro atoms. The molecule has 1 heterocycles. The van der Waals surface area contributed by atoms with Crippen LogP contribution in [0.1, 0.15) is 52.9 Å². The van der Waals surface area contributed by atoms with Crippen LogP contribution < -0.4 is 5.32 Å². The van der Waals surface area contributed by atoms with Gasteiger partial charge in [-0.05, 0) is 44.1 Å². The van der Waals surface area contributed by atoms with Gasteiger partial charge in [-0.15, -0.1) is 0 Å². The molecule has 0 bridgehead atoms. The lowest BCUT2D eigenvalue weighted by Gasteiger charge is -2.30. The summed E-state index contributed by atoms with van der Waals surface area (Å²) >= 11 is 0. The van der Waals surface area contributed by atoms with Gasteiger partial charge in [-0.25, -0.2) is 0 Å². The molecule has 0 aromatic rings. The predicted molar refractivity (Wildman–Crippen MR) is 69.7 cm³/mol. The first-order valence-corrected chi connectivity index (χ1v) is 7.09. The van der Waals surface area contributed by atoms with Gasteiger partial charge in [-0.2, -0.15) is 0 Å². The fourth-order valence-electron chi connectivity index (χ4n) is 2.47. The van der Waals surface area contributed by atoms with Crippen LogP contribution in [-0.2, 0) is 4.74 Å². The van der Waals surface area contributed by atoms with E-state index >= 15 is 0 Å². The third-order valence-corrected chi connectivity index (χ3v) is 3.92. The molecule has 1 aliphatic rings. The minimum atomic E-state index is 0.716. The Kier molecular flexibility index (Phi) is 7.06. The average molecular weight is 227 g/mol. The lowest BCUT2D eigenvalue weighted by molar-refractivity contribution is 0.0581. The van der Waals surface area contributed by atoms with Gasteiger partial charge in [0.1, 0.15) is 0 Å². The maximum atomic E-state index is 5.43. The molecule has 2 atom stereocenters. The first-order chi connectivity index (χ1) is 7.77. The van der Waals surface area contributed by atoms with Gasteiger partial charge in [-0.3, -0.25) is 0 Å². The van der Waals surface area contributed by atoms with Crippen molar-refractivity contribution in [2.45, 2.75) is 58.9 Å². The van der Waals surface area contributed by atoms with Gasteiger partial charge in [0.15, 0.2) is 0 Å². The summed E-state index contributed by atoms with van der Waals surface area (Å²) in [6, 6.07) is 0.716. The summed E-state index contributed by atoms with van der Waals surface area (Å²) in [7, 11) is 0. The lowest BCUT2D eigenvalue weighted by atomic mass is 9.86. The van der Waals surface area contributed by atoms with E-state index in [9.17, 15) is 0 Å². The van der Waals surface area contributed by atoms with E-state index in [0.717, 1.165) is 31.6 Å². The maximum absolute atomic E-state index is 5.43. The largest absolute Gasteiger partial charge is 0.381 e. The summed E-state index contributed by atoms with van der Waals surface area (Å²) in [6.07, 6.45) is 6.39. The van der Waals surface area contributed by atoms with E-state index in [0.29, 0.717) is 6.04 Å². The van der Waals surface area contributed by atoms with E-state index in [1.165, 1.54) is 32.1 Å². The van der Waals surface area contributed by atoms with Crippen molar-refractivity contribution < 1.29 is 4.74 Å². The summed E-state index contributed by atoms with van der Waals surface area (Å²) in [6.45, 7) is 10.0. The summed E-state index contributed by atoms with van der Waals surface area (Å²) in [5, 5.41) is 3.73. The highest BCUT2D eigenvalue weighted by molar-refractivity contribution is 4.77. The lowest BCUT2D eigenvalue weighted by Crippen LogP contribution is -2.38. The average Bonchev–Trinajstić information content (AvgIpc) is 2.34. The Labute approximate surface area is 101 Å². The van der Waals surface area contributed by atoms with Crippen molar-refractivity contribution in [2.24, 2.45) is 11.8 Å². The Morgan fingerprint density at radius 1 is 1.25 bits per heavy atom. The minimum Gasteiger partial charge on any atom is -0.381 e. The Bertz CT molecular complexity index is 166. The van der Waals surface area contributed by atoms with Crippen LogP contribution in [0.5, 0.6) is 0 Å². The topological polar surface area (TPSA) is 21.3 Å². The van der Waals surface area contributed by atoms with Crippen molar-refractivity contribution in [3.63, 3.8) is 0 Å². The molecule has 1 saturated heterocycles. The Morgan fingerprint density at radius 2 is 1.94 bits per heavy atom. The van der Waals surface area contributed by atoms with E-state index in [1.54, 1.807) is 0 Å². The van der Waals surface area contributed by atoms with Crippen molar-refractivity contribution in [1.82, 2.24) is 5.32 Å². The SMILES string of the molecule is CCCNC(CC1CCOCC1)C(C)CC. The predicted octanol–water partition coefficient (Wildman–Crippen LogP) is 3.22. The number of ether oxygens (including phenoxy) is 1. The highest BCUT2D eigenvalue weighted by Gasteiger charge is 2.21. The summed E-state index contributed by atoms with van der Waals surface area (Å²) < 4.78 is 5.43. The van der Waals surface area contributed by atoms with Crippen LogP contribution in [0, 0.1) is 11.8 Å². The molecule has 1 N–H and O–H groups in total. The fourth-order valence-corrected chi connectivity index (χ4v) is 2.47. The monoisotopic (exact) mass is 227 g/mol. The van der Waals surface area contributed by atoms with Crippen LogP contribution in [0.25, 0.3) is 0 Å². The Morgan fingerprint density at radius 3 is 2.50 bits per heavy atom. The number of nitrogens with one attached hydrogen (secondary N) is 1. The molecule has 96 valence electrons. The standard InChI is InChI=1S/C14H29NO/c1-4-8-15-14(12(3)5-2)11-13-6-9-16-10-7-13/h12-15H,4-11H2,1-3H3. The first kappa shape index (κ1) is 14.0. The summed E-state index contributed by atoms with van der Waals surface area (Å²) in [5.41, 5.74) is 0. The zero-order chi connectivity index (χ0) is 11.8. The number of hydrogen-bond acceptors (Lipinski definition) is 2. The van der Waals surface area contributed by atoms with E-state index in [4.69, 9.17) is 4.74 Å². The van der Waals surface area contributed by atoms with Crippen LogP contribution in [0.15, 0.2) is 0 Å². The zero-order valence-corrected chi connectivity index (χ0v) is 11.3. The maximum Gasteiger partial charge on any atom is 0.0468 e. The molecule has 2 unspecified atom stereocenters. The van der Waals surface area contributed by atoms with Gasteiger partial charge >= 0.3 is 0 Å². The van der Waals surface area contributed by atoms with Crippen molar-refractivity contribution >= 4 is 0 Å². The molecule has 0 saturated carbocycles.